The number of benzene rings is 1. The summed E-state index contributed by atoms with van der Waals surface area (Å²) in [6.45, 7) is 0.708. The first-order chi connectivity index (χ1) is 14.4. The van der Waals surface area contributed by atoms with Crippen molar-refractivity contribution in [1.29, 1.82) is 0 Å². The lowest BCUT2D eigenvalue weighted by molar-refractivity contribution is -0.148. The van der Waals surface area contributed by atoms with Crippen LogP contribution in [0.15, 0.2) is 12.1 Å². The summed E-state index contributed by atoms with van der Waals surface area (Å²) in [5.41, 5.74) is 5.30. The first-order valence-electron chi connectivity index (χ1n) is 9.26. The van der Waals surface area contributed by atoms with Gasteiger partial charge in [-0.1, -0.05) is 6.07 Å². The molecule has 0 spiro atoms. The number of halogens is 5. The van der Waals surface area contributed by atoms with Crippen molar-refractivity contribution in [3.63, 3.8) is 0 Å². The molecule has 7 nitrogen and oxygen atoms in total. The van der Waals surface area contributed by atoms with E-state index in [0.717, 1.165) is 10.6 Å². The highest BCUT2D eigenvalue weighted by Gasteiger charge is 2.41. The summed E-state index contributed by atoms with van der Waals surface area (Å²) in [4.78, 5) is 28.3. The molecular formula is C19H19F5N4O3. The van der Waals surface area contributed by atoms with Crippen LogP contribution in [0.1, 0.15) is 39.6 Å². The fraction of sp³-hybridized carbons (Fsp3) is 0.421. The molecule has 12 heteroatoms. The van der Waals surface area contributed by atoms with E-state index < -0.39 is 47.2 Å². The van der Waals surface area contributed by atoms with Gasteiger partial charge in [-0.05, 0) is 24.5 Å². The summed E-state index contributed by atoms with van der Waals surface area (Å²) in [6, 6.07) is 1.20. The predicted molar refractivity (Wildman–Crippen MR) is 97.0 cm³/mol. The molecule has 1 amide bonds. The number of nitrogens with two attached hydrogens (primary N) is 1. The average molecular weight is 446 g/mol. The Balaban J connectivity index is 1.73. The van der Waals surface area contributed by atoms with Crippen LogP contribution in [-0.4, -0.2) is 44.0 Å². The van der Waals surface area contributed by atoms with E-state index in [0.29, 0.717) is 0 Å². The summed E-state index contributed by atoms with van der Waals surface area (Å²) in [6.07, 6.45) is -5.14. The maximum Gasteiger partial charge on any atom is 0.449 e. The van der Waals surface area contributed by atoms with Gasteiger partial charge in [0.1, 0.15) is 11.6 Å². The number of hydrogen-bond donors (Lipinski definition) is 2. The Kier molecular flexibility index (Phi) is 6.03. The van der Waals surface area contributed by atoms with Gasteiger partial charge in [0, 0.05) is 31.6 Å². The van der Waals surface area contributed by atoms with Gasteiger partial charge in [-0.3, -0.25) is 4.79 Å². The molecule has 0 saturated carbocycles. The second-order valence-electron chi connectivity index (χ2n) is 7.36. The monoisotopic (exact) mass is 446 g/mol. The molecule has 0 bridgehead atoms. The van der Waals surface area contributed by atoms with Crippen molar-refractivity contribution in [1.82, 2.24) is 14.5 Å². The van der Waals surface area contributed by atoms with Crippen LogP contribution in [0.4, 0.5) is 22.0 Å². The Bertz CT molecular complexity index is 1030. The normalized spacial score (nSPS) is 15.0. The van der Waals surface area contributed by atoms with Gasteiger partial charge in [0.25, 0.3) is 0 Å². The van der Waals surface area contributed by atoms with E-state index in [-0.39, 0.29) is 49.3 Å². The smallest absolute Gasteiger partial charge is 0.449 e. The summed E-state index contributed by atoms with van der Waals surface area (Å²) < 4.78 is 67.5. The molecule has 1 atom stereocenters. The quantitative estimate of drug-likeness (QED) is 0.688. The molecule has 1 aromatic carbocycles. The van der Waals surface area contributed by atoms with Crippen molar-refractivity contribution in [2.75, 3.05) is 6.54 Å². The Hall–Kier alpha value is -3.02. The minimum atomic E-state index is -4.84. The second-order valence-corrected chi connectivity index (χ2v) is 7.36. The summed E-state index contributed by atoms with van der Waals surface area (Å²) >= 11 is 0. The SMILES string of the molecule is Cc1cc(C[C@@H](N)CC(=O)N2CCn3c(C(F)(F)F)nc(C(=O)O)c3C2)c(F)cc1F. The first-order valence-corrected chi connectivity index (χ1v) is 9.26. The fourth-order valence-electron chi connectivity index (χ4n) is 3.55. The van der Waals surface area contributed by atoms with Crippen LogP contribution >= 0.6 is 0 Å². The third-order valence-corrected chi connectivity index (χ3v) is 5.06. The third-order valence-electron chi connectivity index (χ3n) is 5.06. The standard InChI is InChI=1S/C19H19F5N4O3/c1-9-4-10(13(21)7-12(9)20)5-11(25)6-15(29)27-2-3-28-14(8-27)16(17(30)31)26-18(28)19(22,23)24/h4,7,11H,2-3,5-6,8,25H2,1H3,(H,30,31)/t11-/m1/s1. The highest BCUT2D eigenvalue weighted by Crippen LogP contribution is 2.32. The molecule has 2 aromatic rings. The van der Waals surface area contributed by atoms with Gasteiger partial charge < -0.3 is 20.3 Å². The van der Waals surface area contributed by atoms with Crippen molar-refractivity contribution in [3.8, 4) is 0 Å². The number of hydrogen-bond acceptors (Lipinski definition) is 4. The Labute approximate surface area is 173 Å². The topological polar surface area (TPSA) is 101 Å². The van der Waals surface area contributed by atoms with E-state index in [2.05, 4.69) is 4.98 Å². The van der Waals surface area contributed by atoms with Crippen molar-refractivity contribution in [2.24, 2.45) is 5.73 Å². The molecule has 3 rings (SSSR count). The van der Waals surface area contributed by atoms with E-state index in [9.17, 15) is 36.6 Å². The van der Waals surface area contributed by atoms with Crippen LogP contribution in [0, 0.1) is 18.6 Å². The van der Waals surface area contributed by atoms with Gasteiger partial charge in [0.05, 0.1) is 12.2 Å². The molecule has 0 fully saturated rings. The zero-order valence-electron chi connectivity index (χ0n) is 16.3. The Morgan fingerprint density at radius 3 is 2.52 bits per heavy atom. The lowest BCUT2D eigenvalue weighted by atomic mass is 10.0. The molecule has 1 aliphatic heterocycles. The molecule has 0 unspecified atom stereocenters. The number of alkyl halides is 3. The van der Waals surface area contributed by atoms with Crippen LogP contribution in [0.3, 0.4) is 0 Å². The number of carbonyl (C=O) groups is 2. The molecule has 0 saturated heterocycles. The number of aromatic carboxylic acids is 1. The molecule has 168 valence electrons. The number of aromatic nitrogens is 2. The molecule has 3 N–H and O–H groups in total. The lowest BCUT2D eigenvalue weighted by Crippen LogP contribution is -2.42. The summed E-state index contributed by atoms with van der Waals surface area (Å²) in [7, 11) is 0. The van der Waals surface area contributed by atoms with Crippen LogP contribution in [-0.2, 0) is 30.5 Å². The number of imidazole rings is 1. The van der Waals surface area contributed by atoms with Crippen molar-refractivity contribution >= 4 is 11.9 Å². The zero-order chi connectivity index (χ0) is 23.1. The number of rotatable bonds is 5. The first kappa shape index (κ1) is 22.7. The average Bonchev–Trinajstić information content (AvgIpc) is 3.05. The molecule has 31 heavy (non-hydrogen) atoms. The highest BCUT2D eigenvalue weighted by atomic mass is 19.4. The Morgan fingerprint density at radius 2 is 1.90 bits per heavy atom. The van der Waals surface area contributed by atoms with E-state index in [1.807, 2.05) is 0 Å². The van der Waals surface area contributed by atoms with Crippen LogP contribution in [0.2, 0.25) is 0 Å². The number of fused-ring (bicyclic) bond motifs is 1. The van der Waals surface area contributed by atoms with Gasteiger partial charge in [-0.25, -0.2) is 18.6 Å². The van der Waals surface area contributed by atoms with Gasteiger partial charge in [-0.2, -0.15) is 13.2 Å². The second kappa shape index (κ2) is 8.25. The van der Waals surface area contributed by atoms with E-state index in [4.69, 9.17) is 5.73 Å². The lowest BCUT2D eigenvalue weighted by Gasteiger charge is -2.30. The number of carboxylic acid groups (broad SMARTS) is 1. The van der Waals surface area contributed by atoms with Gasteiger partial charge in [0.15, 0.2) is 5.69 Å². The molecule has 1 aromatic heterocycles. The number of nitrogens with zero attached hydrogens (tertiary/aromatic N) is 3. The van der Waals surface area contributed by atoms with Crippen molar-refractivity contribution in [3.05, 3.63) is 52.1 Å². The molecule has 0 radical (unpaired) electrons. The fourth-order valence-corrected chi connectivity index (χ4v) is 3.55. The minimum Gasteiger partial charge on any atom is -0.476 e. The molecule has 0 aliphatic carbocycles. The molecule has 2 heterocycles. The number of carboxylic acids is 1. The number of aryl methyl sites for hydroxylation is 1. The van der Waals surface area contributed by atoms with Gasteiger partial charge >= 0.3 is 12.1 Å². The van der Waals surface area contributed by atoms with E-state index in [1.165, 1.54) is 17.9 Å². The van der Waals surface area contributed by atoms with Gasteiger partial charge in [-0.15, -0.1) is 0 Å². The van der Waals surface area contributed by atoms with Crippen LogP contribution < -0.4 is 5.73 Å². The zero-order valence-corrected chi connectivity index (χ0v) is 16.3. The van der Waals surface area contributed by atoms with Crippen molar-refractivity contribution < 1.29 is 36.6 Å². The largest absolute Gasteiger partial charge is 0.476 e. The highest BCUT2D eigenvalue weighted by molar-refractivity contribution is 5.87. The van der Waals surface area contributed by atoms with E-state index >= 15 is 0 Å². The summed E-state index contributed by atoms with van der Waals surface area (Å²) in [5.74, 6) is -4.98. The van der Waals surface area contributed by atoms with Crippen LogP contribution in [0.25, 0.3) is 0 Å². The van der Waals surface area contributed by atoms with Gasteiger partial charge in [0.2, 0.25) is 11.7 Å². The van der Waals surface area contributed by atoms with E-state index in [1.54, 1.807) is 0 Å². The predicted octanol–water partition coefficient (Wildman–Crippen LogP) is 2.49. The third kappa shape index (κ3) is 4.68. The number of amides is 1. The summed E-state index contributed by atoms with van der Waals surface area (Å²) in [5, 5.41) is 9.19. The molecular weight excluding hydrogens is 427 g/mol. The number of carbonyl (C=O) groups excluding carboxylic acids is 1. The Morgan fingerprint density at radius 1 is 1.23 bits per heavy atom. The van der Waals surface area contributed by atoms with Crippen molar-refractivity contribution in [2.45, 2.75) is 45.1 Å². The maximum absolute atomic E-state index is 13.9. The maximum atomic E-state index is 13.9. The molecule has 1 aliphatic rings. The minimum absolute atomic E-state index is 0.0525. The van der Waals surface area contributed by atoms with Crippen LogP contribution in [0.5, 0.6) is 0 Å².